The van der Waals surface area contributed by atoms with Gasteiger partial charge in [-0.2, -0.15) is 4.31 Å². The maximum absolute atomic E-state index is 12.6. The highest BCUT2D eigenvalue weighted by Gasteiger charge is 2.36. The van der Waals surface area contributed by atoms with Crippen LogP contribution < -0.4 is 0 Å². The highest BCUT2D eigenvalue weighted by atomic mass is 32.2. The van der Waals surface area contributed by atoms with Gasteiger partial charge in [0.2, 0.25) is 15.9 Å². The lowest BCUT2D eigenvalue weighted by Gasteiger charge is -2.34. The predicted molar refractivity (Wildman–Crippen MR) is 100 cm³/mol. The summed E-state index contributed by atoms with van der Waals surface area (Å²) in [7, 11) is -3.28. The van der Waals surface area contributed by atoms with Crippen molar-refractivity contribution in [2.24, 2.45) is 5.92 Å². The molecule has 3 heterocycles. The first kappa shape index (κ1) is 18.9. The minimum atomic E-state index is -3.28. The number of carbonyl (C=O) groups excluding carboxylic acids is 1. The van der Waals surface area contributed by atoms with Crippen molar-refractivity contribution >= 4 is 15.9 Å². The van der Waals surface area contributed by atoms with Gasteiger partial charge in [-0.1, -0.05) is 19.3 Å². The van der Waals surface area contributed by atoms with Gasteiger partial charge >= 0.3 is 0 Å². The van der Waals surface area contributed by atoms with Crippen LogP contribution in [-0.2, 0) is 27.9 Å². The number of amides is 1. The number of rotatable bonds is 4. The maximum atomic E-state index is 12.6. The maximum Gasteiger partial charge on any atom is 0.223 e. The zero-order valence-corrected chi connectivity index (χ0v) is 16.8. The van der Waals surface area contributed by atoms with Crippen LogP contribution in [0.5, 0.6) is 0 Å². The summed E-state index contributed by atoms with van der Waals surface area (Å²) in [4.78, 5) is 14.5. The highest BCUT2D eigenvalue weighted by Crippen LogP contribution is 2.33. The van der Waals surface area contributed by atoms with Gasteiger partial charge in [0.1, 0.15) is 0 Å². The van der Waals surface area contributed by atoms with E-state index in [1.807, 2.05) is 9.47 Å². The van der Waals surface area contributed by atoms with Crippen LogP contribution in [0.25, 0.3) is 0 Å². The lowest BCUT2D eigenvalue weighted by Crippen LogP contribution is -2.42. The summed E-state index contributed by atoms with van der Waals surface area (Å²) in [5.74, 6) is 2.26. The Bertz CT molecular complexity index is 800. The summed E-state index contributed by atoms with van der Waals surface area (Å²) >= 11 is 0. The first-order chi connectivity index (χ1) is 12.9. The summed E-state index contributed by atoms with van der Waals surface area (Å²) in [5, 5.41) is 8.66. The Kier molecular flexibility index (Phi) is 5.24. The second-order valence-corrected chi connectivity index (χ2v) is 10.1. The fraction of sp³-hybridized carbons (Fsp3) is 0.833. The fourth-order valence-corrected chi connectivity index (χ4v) is 5.91. The Labute approximate surface area is 161 Å². The second kappa shape index (κ2) is 7.50. The Hall–Kier alpha value is -1.48. The molecule has 1 saturated heterocycles. The highest BCUT2D eigenvalue weighted by molar-refractivity contribution is 7.88. The topological polar surface area (TPSA) is 88.4 Å². The van der Waals surface area contributed by atoms with Gasteiger partial charge in [-0.3, -0.25) is 4.79 Å². The minimum Gasteiger partial charge on any atom is -0.333 e. The predicted octanol–water partition coefficient (Wildman–Crippen LogP) is 1.69. The van der Waals surface area contributed by atoms with Gasteiger partial charge in [0.25, 0.3) is 0 Å². The molecule has 0 bridgehead atoms. The number of carbonyl (C=O) groups is 1. The van der Waals surface area contributed by atoms with Crippen molar-refractivity contribution in [1.82, 2.24) is 24.0 Å². The second-order valence-electron chi connectivity index (χ2n) is 8.18. The Morgan fingerprint density at radius 2 is 1.78 bits per heavy atom. The van der Waals surface area contributed by atoms with Gasteiger partial charge in [-0.25, -0.2) is 8.42 Å². The van der Waals surface area contributed by atoms with Gasteiger partial charge < -0.3 is 9.47 Å². The van der Waals surface area contributed by atoms with Crippen molar-refractivity contribution in [3.8, 4) is 0 Å². The molecule has 1 atom stereocenters. The molecule has 1 aromatic rings. The number of nitrogens with zero attached hydrogens (tertiary/aromatic N) is 5. The van der Waals surface area contributed by atoms with Gasteiger partial charge in [-0.15, -0.1) is 10.2 Å². The zero-order valence-electron chi connectivity index (χ0n) is 16.0. The Morgan fingerprint density at radius 1 is 1.04 bits per heavy atom. The molecule has 9 heteroatoms. The van der Waals surface area contributed by atoms with Crippen LogP contribution in [0.4, 0.5) is 0 Å². The summed E-state index contributed by atoms with van der Waals surface area (Å²) < 4.78 is 28.0. The summed E-state index contributed by atoms with van der Waals surface area (Å²) in [5.41, 5.74) is 0. The molecular formula is C18H29N5O3S. The van der Waals surface area contributed by atoms with Crippen molar-refractivity contribution < 1.29 is 13.2 Å². The van der Waals surface area contributed by atoms with Crippen LogP contribution in [0, 0.1) is 5.92 Å². The van der Waals surface area contributed by atoms with Gasteiger partial charge in [0, 0.05) is 26.1 Å². The molecule has 27 heavy (non-hydrogen) atoms. The Balaban J connectivity index is 1.49. The Morgan fingerprint density at radius 3 is 2.52 bits per heavy atom. The summed E-state index contributed by atoms with van der Waals surface area (Å²) in [6, 6.07) is -0.240. The largest absolute Gasteiger partial charge is 0.333 e. The smallest absolute Gasteiger partial charge is 0.223 e. The molecule has 1 unspecified atom stereocenters. The van der Waals surface area contributed by atoms with Crippen molar-refractivity contribution in [2.45, 2.75) is 70.5 Å². The average molecular weight is 396 g/mol. The molecule has 1 aliphatic carbocycles. The molecule has 0 N–H and O–H groups in total. The molecule has 2 aliphatic heterocycles. The number of hydrogen-bond acceptors (Lipinski definition) is 5. The molecule has 2 fully saturated rings. The number of hydrogen-bond donors (Lipinski definition) is 0. The van der Waals surface area contributed by atoms with E-state index >= 15 is 0 Å². The monoisotopic (exact) mass is 395 g/mol. The number of piperidine rings is 1. The summed E-state index contributed by atoms with van der Waals surface area (Å²) in [6.45, 7) is 2.30. The molecule has 0 radical (unpaired) electrons. The van der Waals surface area contributed by atoms with E-state index in [2.05, 4.69) is 10.2 Å². The molecule has 1 amide bonds. The molecule has 0 spiro atoms. The molecule has 8 nitrogen and oxygen atoms in total. The van der Waals surface area contributed by atoms with Crippen LogP contribution in [0.1, 0.15) is 69.1 Å². The molecule has 0 aromatic carbocycles. The van der Waals surface area contributed by atoms with E-state index in [1.54, 1.807) is 4.31 Å². The van der Waals surface area contributed by atoms with Crippen molar-refractivity contribution in [1.29, 1.82) is 0 Å². The third-order valence-corrected chi connectivity index (χ3v) is 7.54. The van der Waals surface area contributed by atoms with Crippen LogP contribution >= 0.6 is 0 Å². The van der Waals surface area contributed by atoms with Gasteiger partial charge in [0.05, 0.1) is 18.8 Å². The lowest BCUT2D eigenvalue weighted by molar-refractivity contribution is -0.133. The van der Waals surface area contributed by atoms with Crippen LogP contribution in [0.3, 0.4) is 0 Å². The van der Waals surface area contributed by atoms with Crippen LogP contribution in [-0.4, -0.2) is 57.6 Å². The van der Waals surface area contributed by atoms with E-state index in [4.69, 9.17) is 0 Å². The van der Waals surface area contributed by atoms with Crippen LogP contribution in [0.2, 0.25) is 0 Å². The third kappa shape index (κ3) is 3.89. The van der Waals surface area contributed by atoms with E-state index in [0.717, 1.165) is 30.9 Å². The third-order valence-electron chi connectivity index (χ3n) is 6.25. The summed E-state index contributed by atoms with van der Waals surface area (Å²) in [6.07, 6.45) is 9.38. The number of fused-ring (bicyclic) bond motifs is 1. The van der Waals surface area contributed by atoms with Crippen molar-refractivity contribution in [3.05, 3.63) is 11.6 Å². The van der Waals surface area contributed by atoms with Crippen molar-refractivity contribution in [2.75, 3.05) is 19.3 Å². The molecule has 1 saturated carbocycles. The molecule has 1 aromatic heterocycles. The SMILES string of the molecule is CS(=O)(=O)N1CCCCC1c1nnc2n1CCN(C(=O)CC1CCCC1)C2. The minimum absolute atomic E-state index is 0.216. The van der Waals surface area contributed by atoms with Crippen molar-refractivity contribution in [3.63, 3.8) is 0 Å². The standard InChI is InChI=1S/C18H29N5O3S/c1-27(25,26)23-9-5-4-8-15(23)18-20-19-16-13-21(10-11-22(16)18)17(24)12-14-6-2-3-7-14/h14-15H,2-13H2,1H3. The normalized spacial score (nSPS) is 24.9. The average Bonchev–Trinajstić information content (AvgIpc) is 3.29. The lowest BCUT2D eigenvalue weighted by atomic mass is 10.0. The van der Waals surface area contributed by atoms with Crippen LogP contribution in [0.15, 0.2) is 0 Å². The number of aromatic nitrogens is 3. The van der Waals surface area contributed by atoms with Gasteiger partial charge in [0.15, 0.2) is 11.6 Å². The quantitative estimate of drug-likeness (QED) is 0.774. The van der Waals surface area contributed by atoms with E-state index in [1.165, 1.54) is 31.9 Å². The van der Waals surface area contributed by atoms with E-state index in [9.17, 15) is 13.2 Å². The molecular weight excluding hydrogens is 366 g/mol. The van der Waals surface area contributed by atoms with E-state index in [0.29, 0.717) is 38.5 Å². The van der Waals surface area contributed by atoms with E-state index < -0.39 is 10.0 Å². The van der Waals surface area contributed by atoms with Gasteiger partial charge in [-0.05, 0) is 31.6 Å². The fourth-order valence-electron chi connectivity index (χ4n) is 4.79. The first-order valence-electron chi connectivity index (χ1n) is 10.1. The van der Waals surface area contributed by atoms with E-state index in [-0.39, 0.29) is 11.9 Å². The molecule has 4 rings (SSSR count). The molecule has 3 aliphatic rings. The molecule has 150 valence electrons. The number of sulfonamides is 1. The first-order valence-corrected chi connectivity index (χ1v) is 11.9. The zero-order chi connectivity index (χ0) is 19.0.